The fourth-order valence-corrected chi connectivity index (χ4v) is 17.8. The molecule has 0 nitrogen and oxygen atoms in total. The van der Waals surface area contributed by atoms with Crippen molar-refractivity contribution in [3.05, 3.63) is 235 Å². The molecule has 17 aromatic rings. The largest absolute Gasteiger partial charge is 0.140 e. The van der Waals surface area contributed by atoms with Crippen LogP contribution in [0.5, 0.6) is 0 Å². The Morgan fingerprint density at radius 3 is 0.897 bits per heavy atom. The van der Waals surface area contributed by atoms with Crippen molar-refractivity contribution in [1.29, 1.82) is 0 Å². The van der Waals surface area contributed by atoms with Gasteiger partial charge in [-0.3, -0.25) is 0 Å². The number of hydrogen-bond donors (Lipinski definition) is 0. The molecule has 0 saturated heterocycles. The summed E-state index contributed by atoms with van der Waals surface area (Å²) >= 11 is 7.61. The van der Waals surface area contributed by atoms with Crippen molar-refractivity contribution < 1.29 is 0 Å². The van der Waals surface area contributed by atoms with Crippen LogP contribution in [0.25, 0.3) is 175 Å². The molecule has 13 aromatic carbocycles. The second-order valence-corrected chi connectivity index (χ2v) is 25.7. The zero-order valence-electron chi connectivity index (χ0n) is 42.0. The van der Waals surface area contributed by atoms with Gasteiger partial charge in [-0.1, -0.05) is 140 Å². The minimum absolute atomic E-state index is 1.12. The van der Waals surface area contributed by atoms with E-state index in [9.17, 15) is 0 Å². The summed E-state index contributed by atoms with van der Waals surface area (Å²) in [5.41, 5.74) is 11.3. The van der Waals surface area contributed by atoms with E-state index in [4.69, 9.17) is 0 Å². The summed E-state index contributed by atoms with van der Waals surface area (Å²) in [5, 5.41) is 22.1. The highest BCUT2D eigenvalue weighted by atomic mass is 32.1. The van der Waals surface area contributed by atoms with Crippen molar-refractivity contribution in [1.82, 2.24) is 0 Å². The van der Waals surface area contributed by atoms with Crippen molar-refractivity contribution >= 4 is 176 Å². The van der Waals surface area contributed by atoms with Gasteiger partial charge in [0.15, 0.2) is 0 Å². The highest BCUT2D eigenvalue weighted by Crippen LogP contribution is 2.49. The van der Waals surface area contributed by atoms with Gasteiger partial charge >= 0.3 is 0 Å². The van der Waals surface area contributed by atoms with Crippen LogP contribution in [0.2, 0.25) is 0 Å². The quantitative estimate of drug-likeness (QED) is 0.154. The summed E-state index contributed by atoms with van der Waals surface area (Å²) < 4.78 is 9.32. The van der Waals surface area contributed by atoms with E-state index in [1.807, 2.05) is 45.3 Å². The highest BCUT2D eigenvalue weighted by molar-refractivity contribution is 7.26. The molecule has 4 aromatic heterocycles. The monoisotopic (exact) mass is 1060 g/mol. The van der Waals surface area contributed by atoms with Gasteiger partial charge in [0.2, 0.25) is 0 Å². The van der Waals surface area contributed by atoms with Crippen molar-refractivity contribution in [2.24, 2.45) is 0 Å². The van der Waals surface area contributed by atoms with E-state index in [1.54, 1.807) is 0 Å². The molecule has 0 spiro atoms. The van der Waals surface area contributed by atoms with Crippen LogP contribution in [-0.2, 0) is 6.42 Å². The van der Waals surface area contributed by atoms with Crippen LogP contribution in [-0.4, -0.2) is 0 Å². The van der Waals surface area contributed by atoms with Crippen molar-refractivity contribution in [3.63, 3.8) is 0 Å². The fraction of sp³-hybridized carbons (Fsp3) is 0.0270. The topological polar surface area (TPSA) is 0 Å². The fourth-order valence-electron chi connectivity index (χ4n) is 13.3. The van der Waals surface area contributed by atoms with Crippen LogP contribution in [0.3, 0.4) is 0 Å². The van der Waals surface area contributed by atoms with Gasteiger partial charge in [-0.05, 0) is 208 Å². The molecular weight excluding hydrogens is 1020 g/mol. The lowest BCUT2D eigenvalue weighted by Gasteiger charge is -2.19. The first-order valence-corrected chi connectivity index (χ1v) is 30.2. The maximum atomic E-state index is 2.53. The summed E-state index contributed by atoms with van der Waals surface area (Å²) in [4.78, 5) is 1.51. The summed E-state index contributed by atoms with van der Waals surface area (Å²) in [5.74, 6) is 0. The Hall–Kier alpha value is -8.48. The summed E-state index contributed by atoms with van der Waals surface area (Å²) in [7, 11) is 0. The smallest absolute Gasteiger partial charge is 0.0355 e. The molecule has 362 valence electrons. The maximum Gasteiger partial charge on any atom is 0.0355 e. The molecule has 0 aliphatic heterocycles. The van der Waals surface area contributed by atoms with Gasteiger partial charge in [-0.15, -0.1) is 45.3 Å². The molecule has 0 atom stereocenters. The molecule has 4 heterocycles. The standard InChI is InChI=1S/C74H42S4/c1-5-13-65-53(9-1)57-33-45(21-29-69(57)75-65)41-17-25-49-50-26-18-43(47-23-31-71-59(35-47)55-11-3-7-15-67(55)77-71)39-63(50)74-64-40-44(48-24-32-72-60(36-48)56-12-4-8-16-68(56)78-72)20-28-52(64)51-27-19-42(38-62(51)73(74)61(49)37-41)46-22-30-70-58(34-46)54-10-2-6-14-66(54)76-70/h1-7,9-15,17-40H,8,16H2. The van der Waals surface area contributed by atoms with Crippen LogP contribution in [0.15, 0.2) is 224 Å². The molecule has 0 fully saturated rings. The van der Waals surface area contributed by atoms with E-state index < -0.39 is 0 Å². The Bertz CT molecular complexity index is 5390. The van der Waals surface area contributed by atoms with Gasteiger partial charge in [0.05, 0.1) is 0 Å². The Balaban J connectivity index is 0.962. The van der Waals surface area contributed by atoms with Gasteiger partial charge in [0.1, 0.15) is 0 Å². The van der Waals surface area contributed by atoms with Gasteiger partial charge in [0, 0.05) is 75.5 Å². The average molecular weight is 1060 g/mol. The SMILES string of the molecule is C1=Cc2c(sc3ccc(-c4ccc5c6ccc(-c7ccc8sc9ccccc9c8c7)cc6c6c7cc(-c8ccc9sc%10ccccc%10c9c8)ccc7c7ccc(-c8ccc9sc%10ccccc%10c9c8)cc7c6c5c4)cc23)CC1. The number of fused-ring (bicyclic) bond motifs is 23. The molecule has 18 rings (SSSR count). The van der Waals surface area contributed by atoms with E-state index in [0.717, 1.165) is 12.8 Å². The molecule has 4 heteroatoms. The minimum Gasteiger partial charge on any atom is -0.140 e. The predicted octanol–water partition coefficient (Wildman–Crippen LogP) is 23.4. The van der Waals surface area contributed by atoms with Crippen LogP contribution in [0, 0.1) is 0 Å². The summed E-state index contributed by atoms with van der Waals surface area (Å²) in [6.07, 6.45) is 6.95. The number of hydrogen-bond acceptors (Lipinski definition) is 4. The lowest BCUT2D eigenvalue weighted by Crippen LogP contribution is -1.92. The van der Waals surface area contributed by atoms with Crippen LogP contribution in [0.1, 0.15) is 16.9 Å². The Morgan fingerprint density at radius 2 is 0.526 bits per heavy atom. The summed E-state index contributed by atoms with van der Waals surface area (Å²) in [6, 6.07) is 84.3. The molecule has 1 aliphatic rings. The maximum absolute atomic E-state index is 2.53. The normalized spacial score (nSPS) is 13.0. The van der Waals surface area contributed by atoms with Gasteiger partial charge in [-0.25, -0.2) is 0 Å². The first kappa shape index (κ1) is 43.6. The molecule has 0 radical (unpaired) electrons. The third kappa shape index (κ3) is 6.43. The third-order valence-corrected chi connectivity index (χ3v) is 21.8. The zero-order chi connectivity index (χ0) is 50.7. The first-order chi connectivity index (χ1) is 38.6. The summed E-state index contributed by atoms with van der Waals surface area (Å²) in [6.45, 7) is 0. The van der Waals surface area contributed by atoms with E-state index in [-0.39, 0.29) is 0 Å². The van der Waals surface area contributed by atoms with Gasteiger partial charge in [0.25, 0.3) is 0 Å². The molecule has 0 amide bonds. The highest BCUT2D eigenvalue weighted by Gasteiger charge is 2.21. The Kier molecular flexibility index (Phi) is 9.23. The second kappa shape index (κ2) is 16.5. The molecule has 78 heavy (non-hydrogen) atoms. The number of aryl methyl sites for hydroxylation is 1. The van der Waals surface area contributed by atoms with Gasteiger partial charge in [-0.2, -0.15) is 0 Å². The number of thiophene rings is 4. The van der Waals surface area contributed by atoms with Gasteiger partial charge < -0.3 is 0 Å². The number of benzene rings is 13. The van der Waals surface area contributed by atoms with E-state index in [2.05, 4.69) is 231 Å². The van der Waals surface area contributed by atoms with Crippen molar-refractivity contribution in [2.75, 3.05) is 0 Å². The second-order valence-electron chi connectivity index (χ2n) is 21.3. The molecule has 1 aliphatic carbocycles. The van der Waals surface area contributed by atoms with E-state index >= 15 is 0 Å². The van der Waals surface area contributed by atoms with Crippen molar-refractivity contribution in [3.8, 4) is 44.5 Å². The Labute approximate surface area is 464 Å². The van der Waals surface area contributed by atoms with Crippen molar-refractivity contribution in [2.45, 2.75) is 12.8 Å². The van der Waals surface area contributed by atoms with Crippen LogP contribution in [0.4, 0.5) is 0 Å². The number of allylic oxidation sites excluding steroid dienone is 1. The lowest BCUT2D eigenvalue weighted by molar-refractivity contribution is 1.02. The number of rotatable bonds is 4. The third-order valence-electron chi connectivity index (χ3n) is 17.1. The average Bonchev–Trinajstić information content (AvgIpc) is 4.41. The molecular formula is C74H42S4. The van der Waals surface area contributed by atoms with E-state index in [1.165, 1.54) is 179 Å². The molecule has 0 N–H and O–H groups in total. The first-order valence-electron chi connectivity index (χ1n) is 26.9. The zero-order valence-corrected chi connectivity index (χ0v) is 45.3. The van der Waals surface area contributed by atoms with Crippen LogP contribution < -0.4 is 0 Å². The van der Waals surface area contributed by atoms with Crippen LogP contribution >= 0.6 is 45.3 Å². The molecule has 0 saturated carbocycles. The lowest BCUT2D eigenvalue weighted by atomic mass is 9.84. The molecule has 0 unspecified atom stereocenters. The molecule has 0 bridgehead atoms. The minimum atomic E-state index is 1.12. The Morgan fingerprint density at radius 1 is 0.231 bits per heavy atom. The predicted molar refractivity (Wildman–Crippen MR) is 347 cm³/mol. The van der Waals surface area contributed by atoms with E-state index in [0.29, 0.717) is 0 Å².